The molecule has 0 aliphatic carbocycles. The molecule has 1 aromatic rings. The second kappa shape index (κ2) is 5.46. The minimum absolute atomic E-state index is 0.514. The monoisotopic (exact) mass is 222 g/mol. The van der Waals surface area contributed by atoms with Crippen LogP contribution in [-0.4, -0.2) is 21.9 Å². The maximum absolute atomic E-state index is 10.2. The predicted octanol–water partition coefficient (Wildman–Crippen LogP) is 2.45. The highest BCUT2D eigenvalue weighted by Crippen LogP contribution is 2.22. The summed E-state index contributed by atoms with van der Waals surface area (Å²) < 4.78 is 0. The smallest absolute Gasteiger partial charge is 0.0903 e. The van der Waals surface area contributed by atoms with Gasteiger partial charge in [0.05, 0.1) is 11.7 Å². The third-order valence-corrected chi connectivity index (χ3v) is 3.36. The maximum Gasteiger partial charge on any atom is 0.0903 e. The van der Waals surface area contributed by atoms with E-state index >= 15 is 0 Å². The normalized spacial score (nSPS) is 13.8. The van der Waals surface area contributed by atoms with Crippen molar-refractivity contribution in [2.75, 3.05) is 0 Å². The number of aryl methyl sites for hydroxylation is 1. The summed E-state index contributed by atoms with van der Waals surface area (Å²) in [6, 6.07) is 8.05. The van der Waals surface area contributed by atoms with E-state index in [1.807, 2.05) is 39.0 Å². The highest BCUT2D eigenvalue weighted by atomic mass is 16.3. The Labute approximate surface area is 97.9 Å². The maximum atomic E-state index is 10.2. The number of rotatable bonds is 5. The number of benzene rings is 1. The van der Waals surface area contributed by atoms with Crippen LogP contribution in [0.4, 0.5) is 0 Å². The molecule has 0 spiro atoms. The standard InChI is InChI=1S/C14H22O2/c1-4-14(16,5-2)13(15)10-12-8-6-7-11(3)9-12/h6-9,13,15-16H,4-5,10H2,1-3H3. The van der Waals surface area contributed by atoms with Gasteiger partial charge in [-0.25, -0.2) is 0 Å². The molecule has 0 radical (unpaired) electrons. The van der Waals surface area contributed by atoms with Crippen LogP contribution >= 0.6 is 0 Å². The molecule has 0 saturated heterocycles. The zero-order valence-corrected chi connectivity index (χ0v) is 10.4. The van der Waals surface area contributed by atoms with Crippen molar-refractivity contribution in [1.29, 1.82) is 0 Å². The first-order valence-corrected chi connectivity index (χ1v) is 5.97. The van der Waals surface area contributed by atoms with Crippen LogP contribution in [0.3, 0.4) is 0 Å². The molecule has 2 heteroatoms. The molecule has 0 aliphatic rings. The van der Waals surface area contributed by atoms with Gasteiger partial charge in [-0.3, -0.25) is 0 Å². The van der Waals surface area contributed by atoms with Crippen molar-refractivity contribution < 1.29 is 10.2 Å². The third kappa shape index (κ3) is 3.06. The van der Waals surface area contributed by atoms with E-state index in [-0.39, 0.29) is 0 Å². The molecule has 90 valence electrons. The summed E-state index contributed by atoms with van der Waals surface area (Å²) in [4.78, 5) is 0. The molecule has 0 aliphatic heterocycles. The number of hydrogen-bond donors (Lipinski definition) is 2. The SMILES string of the molecule is CCC(O)(CC)C(O)Cc1cccc(C)c1. The number of aliphatic hydroxyl groups is 2. The van der Waals surface area contributed by atoms with Crippen molar-refractivity contribution in [3.05, 3.63) is 35.4 Å². The van der Waals surface area contributed by atoms with Gasteiger partial charge in [-0.1, -0.05) is 43.7 Å². The summed E-state index contributed by atoms with van der Waals surface area (Å²) in [6.45, 7) is 5.84. The largest absolute Gasteiger partial charge is 0.390 e. The lowest BCUT2D eigenvalue weighted by Gasteiger charge is -2.31. The lowest BCUT2D eigenvalue weighted by Crippen LogP contribution is -2.42. The Morgan fingerprint density at radius 1 is 1.25 bits per heavy atom. The molecular weight excluding hydrogens is 200 g/mol. The van der Waals surface area contributed by atoms with Gasteiger partial charge in [0, 0.05) is 6.42 Å². The lowest BCUT2D eigenvalue weighted by atomic mass is 9.87. The summed E-state index contributed by atoms with van der Waals surface area (Å²) >= 11 is 0. The van der Waals surface area contributed by atoms with Crippen molar-refractivity contribution in [2.45, 2.75) is 51.7 Å². The Bertz CT molecular complexity index is 329. The van der Waals surface area contributed by atoms with Crippen molar-refractivity contribution in [2.24, 2.45) is 0 Å². The fourth-order valence-electron chi connectivity index (χ4n) is 1.97. The molecule has 0 heterocycles. The predicted molar refractivity (Wildman–Crippen MR) is 66.4 cm³/mol. The molecule has 1 rings (SSSR count). The second-order valence-electron chi connectivity index (χ2n) is 4.52. The molecule has 0 bridgehead atoms. The van der Waals surface area contributed by atoms with Gasteiger partial charge in [-0.15, -0.1) is 0 Å². The third-order valence-electron chi connectivity index (χ3n) is 3.36. The minimum atomic E-state index is -0.955. The van der Waals surface area contributed by atoms with E-state index in [1.165, 1.54) is 5.56 Å². The van der Waals surface area contributed by atoms with Crippen LogP contribution in [-0.2, 0) is 6.42 Å². The van der Waals surface area contributed by atoms with E-state index in [9.17, 15) is 10.2 Å². The van der Waals surface area contributed by atoms with Gasteiger partial charge in [0.15, 0.2) is 0 Å². The summed E-state index contributed by atoms with van der Waals surface area (Å²) in [7, 11) is 0. The fourth-order valence-corrected chi connectivity index (χ4v) is 1.97. The van der Waals surface area contributed by atoms with Gasteiger partial charge in [0.25, 0.3) is 0 Å². The Hall–Kier alpha value is -0.860. The van der Waals surface area contributed by atoms with E-state index < -0.39 is 11.7 Å². The van der Waals surface area contributed by atoms with Crippen molar-refractivity contribution in [3.8, 4) is 0 Å². The number of aliphatic hydroxyl groups excluding tert-OH is 1. The van der Waals surface area contributed by atoms with Crippen molar-refractivity contribution >= 4 is 0 Å². The van der Waals surface area contributed by atoms with Crippen LogP contribution in [0, 0.1) is 6.92 Å². The summed E-state index contributed by atoms with van der Waals surface area (Å²) in [5.41, 5.74) is 1.30. The molecule has 16 heavy (non-hydrogen) atoms. The summed E-state index contributed by atoms with van der Waals surface area (Å²) in [5.74, 6) is 0. The molecular formula is C14H22O2. The van der Waals surface area contributed by atoms with Crippen molar-refractivity contribution in [3.63, 3.8) is 0 Å². The lowest BCUT2D eigenvalue weighted by molar-refractivity contribution is -0.0790. The quantitative estimate of drug-likeness (QED) is 0.803. The van der Waals surface area contributed by atoms with Crippen LogP contribution in [0.1, 0.15) is 37.8 Å². The molecule has 2 nitrogen and oxygen atoms in total. The van der Waals surface area contributed by atoms with Gasteiger partial charge in [-0.05, 0) is 25.3 Å². The first-order valence-electron chi connectivity index (χ1n) is 5.97. The van der Waals surface area contributed by atoms with Gasteiger partial charge in [-0.2, -0.15) is 0 Å². The topological polar surface area (TPSA) is 40.5 Å². The van der Waals surface area contributed by atoms with Gasteiger partial charge in [0.2, 0.25) is 0 Å². The van der Waals surface area contributed by atoms with E-state index in [0.717, 1.165) is 5.56 Å². The van der Waals surface area contributed by atoms with E-state index in [4.69, 9.17) is 0 Å². The Kier molecular flexibility index (Phi) is 4.51. The highest BCUT2D eigenvalue weighted by molar-refractivity contribution is 5.23. The van der Waals surface area contributed by atoms with Gasteiger partial charge < -0.3 is 10.2 Å². The average molecular weight is 222 g/mol. The highest BCUT2D eigenvalue weighted by Gasteiger charge is 2.31. The first kappa shape index (κ1) is 13.2. The van der Waals surface area contributed by atoms with Crippen LogP contribution in [0.2, 0.25) is 0 Å². The summed E-state index contributed by atoms with van der Waals surface area (Å²) in [5, 5.41) is 20.2. The zero-order valence-electron chi connectivity index (χ0n) is 10.4. The van der Waals surface area contributed by atoms with Gasteiger partial charge in [0.1, 0.15) is 0 Å². The van der Waals surface area contributed by atoms with Crippen LogP contribution in [0.25, 0.3) is 0 Å². The minimum Gasteiger partial charge on any atom is -0.390 e. The number of hydrogen-bond acceptors (Lipinski definition) is 2. The average Bonchev–Trinajstić information content (AvgIpc) is 2.28. The summed E-state index contributed by atoms with van der Waals surface area (Å²) in [6.07, 6.45) is 0.983. The molecule has 0 saturated carbocycles. The van der Waals surface area contributed by atoms with Gasteiger partial charge >= 0.3 is 0 Å². The molecule has 1 atom stereocenters. The van der Waals surface area contributed by atoms with E-state index in [1.54, 1.807) is 0 Å². The Balaban J connectivity index is 2.74. The van der Waals surface area contributed by atoms with E-state index in [2.05, 4.69) is 6.07 Å². The van der Waals surface area contributed by atoms with Crippen LogP contribution in [0.5, 0.6) is 0 Å². The first-order chi connectivity index (χ1) is 7.51. The fraction of sp³-hybridized carbons (Fsp3) is 0.571. The molecule has 0 fully saturated rings. The molecule has 1 unspecified atom stereocenters. The van der Waals surface area contributed by atoms with Crippen molar-refractivity contribution in [1.82, 2.24) is 0 Å². The second-order valence-corrected chi connectivity index (χ2v) is 4.52. The molecule has 2 N–H and O–H groups in total. The molecule has 0 aromatic heterocycles. The Morgan fingerprint density at radius 2 is 1.88 bits per heavy atom. The van der Waals surface area contributed by atoms with Crippen LogP contribution < -0.4 is 0 Å². The molecule has 1 aromatic carbocycles. The van der Waals surface area contributed by atoms with Crippen LogP contribution in [0.15, 0.2) is 24.3 Å². The Morgan fingerprint density at radius 3 is 2.38 bits per heavy atom. The molecule has 0 amide bonds. The zero-order chi connectivity index (χ0) is 12.2. The van der Waals surface area contributed by atoms with E-state index in [0.29, 0.717) is 19.3 Å².